The zero-order valence-electron chi connectivity index (χ0n) is 15.7. The Hall–Kier alpha value is -2.21. The van der Waals surface area contributed by atoms with Crippen molar-refractivity contribution in [1.82, 2.24) is 4.90 Å². The van der Waals surface area contributed by atoms with Crippen molar-refractivity contribution in [3.8, 4) is 0 Å². The maximum absolute atomic E-state index is 13.0. The first-order chi connectivity index (χ1) is 12.4. The molecule has 0 bridgehead atoms. The van der Waals surface area contributed by atoms with Gasteiger partial charge in [-0.2, -0.15) is 0 Å². The quantitative estimate of drug-likeness (QED) is 0.610. The van der Waals surface area contributed by atoms with Crippen LogP contribution in [-0.4, -0.2) is 48.4 Å². The summed E-state index contributed by atoms with van der Waals surface area (Å²) in [7, 11) is 0. The minimum absolute atomic E-state index is 0.168. The molecule has 0 spiro atoms. The molecule has 0 aliphatic carbocycles. The second-order valence-corrected chi connectivity index (χ2v) is 7.22. The van der Waals surface area contributed by atoms with Gasteiger partial charge in [-0.3, -0.25) is 19.3 Å². The van der Waals surface area contributed by atoms with E-state index in [0.29, 0.717) is 18.8 Å². The lowest BCUT2D eigenvalue weighted by Crippen LogP contribution is -2.48. The van der Waals surface area contributed by atoms with Gasteiger partial charge in [-0.05, 0) is 63.4 Å². The van der Waals surface area contributed by atoms with Crippen LogP contribution in [0.15, 0.2) is 18.2 Å². The van der Waals surface area contributed by atoms with Gasteiger partial charge in [-0.1, -0.05) is 6.07 Å². The van der Waals surface area contributed by atoms with Gasteiger partial charge in [0.25, 0.3) is 5.91 Å². The smallest absolute Gasteiger partial charge is 0.310 e. The number of nitrogens with zero attached hydrogens (tertiary/aromatic N) is 2. The van der Waals surface area contributed by atoms with E-state index in [2.05, 4.69) is 0 Å². The zero-order valence-corrected chi connectivity index (χ0v) is 15.7. The summed E-state index contributed by atoms with van der Waals surface area (Å²) in [4.78, 5) is 40.9. The van der Waals surface area contributed by atoms with Crippen LogP contribution in [0.4, 0.5) is 5.69 Å². The Bertz CT molecular complexity index is 710. The van der Waals surface area contributed by atoms with Crippen LogP contribution in [-0.2, 0) is 19.1 Å². The Kier molecular flexibility index (Phi) is 5.41. The molecule has 1 aromatic rings. The van der Waals surface area contributed by atoms with Gasteiger partial charge in [0.1, 0.15) is 0 Å². The highest BCUT2D eigenvalue weighted by Gasteiger charge is 2.44. The van der Waals surface area contributed by atoms with E-state index in [9.17, 15) is 14.4 Å². The van der Waals surface area contributed by atoms with Crippen molar-refractivity contribution < 1.29 is 19.1 Å². The lowest BCUT2D eigenvalue weighted by Gasteiger charge is -2.34. The molecule has 26 heavy (non-hydrogen) atoms. The van der Waals surface area contributed by atoms with Crippen molar-refractivity contribution >= 4 is 23.5 Å². The van der Waals surface area contributed by atoms with E-state index >= 15 is 0 Å². The SMILES string of the molecule is CCOC(=O)[C@@H]1CCCN([C@H]2CC(=O)N(c3cc(C)cc(C)c3)C2=O)C1. The van der Waals surface area contributed by atoms with Crippen LogP contribution in [0, 0.1) is 19.8 Å². The monoisotopic (exact) mass is 358 g/mol. The van der Waals surface area contributed by atoms with Crippen LogP contribution in [0.5, 0.6) is 0 Å². The van der Waals surface area contributed by atoms with Crippen molar-refractivity contribution in [2.45, 2.75) is 46.1 Å². The third kappa shape index (κ3) is 3.65. The summed E-state index contributed by atoms with van der Waals surface area (Å²) in [6, 6.07) is 5.26. The lowest BCUT2D eigenvalue weighted by molar-refractivity contribution is -0.150. The average Bonchev–Trinajstić information content (AvgIpc) is 2.89. The molecule has 2 saturated heterocycles. The normalized spacial score (nSPS) is 24.2. The molecule has 6 nitrogen and oxygen atoms in total. The van der Waals surface area contributed by atoms with Gasteiger partial charge in [0.05, 0.1) is 30.7 Å². The standard InChI is InChI=1S/C20H26N2O4/c1-4-26-20(25)15-6-5-7-21(12-15)17-11-18(23)22(19(17)24)16-9-13(2)8-14(3)10-16/h8-10,15,17H,4-7,11-12H2,1-3H3/t15-,17+/m1/s1. The summed E-state index contributed by atoms with van der Waals surface area (Å²) in [5.74, 6) is -0.797. The molecule has 0 saturated carbocycles. The van der Waals surface area contributed by atoms with E-state index in [4.69, 9.17) is 4.74 Å². The topological polar surface area (TPSA) is 66.9 Å². The molecule has 3 rings (SSSR count). The third-order valence-corrected chi connectivity index (χ3v) is 5.10. The van der Waals surface area contributed by atoms with Crippen LogP contribution in [0.25, 0.3) is 0 Å². The predicted octanol–water partition coefficient (Wildman–Crippen LogP) is 2.21. The fourth-order valence-electron chi connectivity index (χ4n) is 3.99. The Balaban J connectivity index is 1.77. The van der Waals surface area contributed by atoms with Crippen LogP contribution in [0.3, 0.4) is 0 Å². The van der Waals surface area contributed by atoms with E-state index < -0.39 is 6.04 Å². The molecule has 0 unspecified atom stereocenters. The average molecular weight is 358 g/mol. The van der Waals surface area contributed by atoms with E-state index in [1.165, 1.54) is 4.90 Å². The van der Waals surface area contributed by atoms with Crippen molar-refractivity contribution in [3.05, 3.63) is 29.3 Å². The molecule has 2 fully saturated rings. The van der Waals surface area contributed by atoms with Crippen molar-refractivity contribution in [2.75, 3.05) is 24.6 Å². The summed E-state index contributed by atoms with van der Waals surface area (Å²) >= 11 is 0. The lowest BCUT2D eigenvalue weighted by atomic mass is 9.96. The Morgan fingerprint density at radius 3 is 2.54 bits per heavy atom. The number of esters is 1. The van der Waals surface area contributed by atoms with Gasteiger partial charge in [0.2, 0.25) is 5.91 Å². The van der Waals surface area contributed by atoms with Gasteiger partial charge in [0, 0.05) is 6.54 Å². The molecule has 2 aliphatic rings. The molecule has 1 aromatic carbocycles. The molecule has 6 heteroatoms. The van der Waals surface area contributed by atoms with Gasteiger partial charge in [-0.15, -0.1) is 0 Å². The molecule has 2 atom stereocenters. The Morgan fingerprint density at radius 2 is 1.88 bits per heavy atom. The molecule has 2 amide bonds. The van der Waals surface area contributed by atoms with Gasteiger partial charge in [-0.25, -0.2) is 4.90 Å². The molecular formula is C20H26N2O4. The van der Waals surface area contributed by atoms with Crippen LogP contribution < -0.4 is 4.90 Å². The molecule has 140 valence electrons. The number of rotatable bonds is 4. The van der Waals surface area contributed by atoms with Crippen molar-refractivity contribution in [2.24, 2.45) is 5.92 Å². The third-order valence-electron chi connectivity index (χ3n) is 5.10. The van der Waals surface area contributed by atoms with Gasteiger partial charge >= 0.3 is 5.97 Å². The van der Waals surface area contributed by atoms with Crippen molar-refractivity contribution in [1.29, 1.82) is 0 Å². The molecule has 0 aromatic heterocycles. The molecular weight excluding hydrogens is 332 g/mol. The van der Waals surface area contributed by atoms with Gasteiger partial charge < -0.3 is 4.74 Å². The minimum Gasteiger partial charge on any atom is -0.466 e. The summed E-state index contributed by atoms with van der Waals surface area (Å²) in [6.45, 7) is 7.25. The molecule has 2 heterocycles. The largest absolute Gasteiger partial charge is 0.466 e. The number of aryl methyl sites for hydroxylation is 2. The summed E-state index contributed by atoms with van der Waals surface area (Å²) in [5, 5.41) is 0. The number of hydrogen-bond donors (Lipinski definition) is 0. The number of piperidine rings is 1. The maximum Gasteiger partial charge on any atom is 0.310 e. The fraction of sp³-hybridized carbons (Fsp3) is 0.550. The zero-order chi connectivity index (χ0) is 18.8. The minimum atomic E-state index is -0.486. The Morgan fingerprint density at radius 1 is 1.19 bits per heavy atom. The number of amides is 2. The summed E-state index contributed by atoms with van der Waals surface area (Å²) in [5.41, 5.74) is 2.67. The first kappa shape index (κ1) is 18.6. The van der Waals surface area contributed by atoms with Crippen LogP contribution >= 0.6 is 0 Å². The van der Waals surface area contributed by atoms with E-state index in [1.807, 2.05) is 36.9 Å². The van der Waals surface area contributed by atoms with E-state index in [1.54, 1.807) is 6.92 Å². The maximum atomic E-state index is 13.0. The number of carbonyl (C=O) groups is 3. The molecule has 0 N–H and O–H groups in total. The first-order valence-corrected chi connectivity index (χ1v) is 9.26. The second kappa shape index (κ2) is 7.58. The van der Waals surface area contributed by atoms with Crippen LogP contribution in [0.1, 0.15) is 37.3 Å². The number of hydrogen-bond acceptors (Lipinski definition) is 5. The number of anilines is 1. The molecule has 0 radical (unpaired) electrons. The highest BCUT2D eigenvalue weighted by atomic mass is 16.5. The fourth-order valence-corrected chi connectivity index (χ4v) is 3.99. The number of likely N-dealkylation sites (tertiary alicyclic amines) is 1. The van der Waals surface area contributed by atoms with E-state index in [-0.39, 0.29) is 30.1 Å². The number of benzene rings is 1. The number of ether oxygens (including phenoxy) is 1. The highest BCUT2D eigenvalue weighted by Crippen LogP contribution is 2.30. The van der Waals surface area contributed by atoms with Crippen LogP contribution in [0.2, 0.25) is 0 Å². The number of imide groups is 1. The predicted molar refractivity (Wildman–Crippen MR) is 97.7 cm³/mol. The highest BCUT2D eigenvalue weighted by molar-refractivity contribution is 6.22. The number of carbonyl (C=O) groups excluding carboxylic acids is 3. The van der Waals surface area contributed by atoms with Crippen molar-refractivity contribution in [3.63, 3.8) is 0 Å². The summed E-state index contributed by atoms with van der Waals surface area (Å²) in [6.07, 6.45) is 1.76. The van der Waals surface area contributed by atoms with Gasteiger partial charge in [0.15, 0.2) is 0 Å². The molecule has 2 aliphatic heterocycles. The first-order valence-electron chi connectivity index (χ1n) is 9.26. The Labute approximate surface area is 154 Å². The van der Waals surface area contributed by atoms with E-state index in [0.717, 1.165) is 30.5 Å². The second-order valence-electron chi connectivity index (χ2n) is 7.22. The summed E-state index contributed by atoms with van der Waals surface area (Å²) < 4.78 is 5.13.